The fraction of sp³-hybridized carbons (Fsp3) is 0.400. The number of hydrogen-bond acceptors (Lipinski definition) is 5. The van der Waals surface area contributed by atoms with Crippen molar-refractivity contribution in [2.75, 3.05) is 6.61 Å². The fourth-order valence-electron chi connectivity index (χ4n) is 4.01. The van der Waals surface area contributed by atoms with E-state index >= 15 is 0 Å². The van der Waals surface area contributed by atoms with Crippen LogP contribution in [0.2, 0.25) is 0 Å². The molecular weight excluding hydrogens is 422 g/mol. The molecule has 168 valence electrons. The smallest absolute Gasteiger partial charge is 0.341 e. The van der Waals surface area contributed by atoms with Crippen LogP contribution in [0, 0.1) is 12.8 Å². The number of carbonyl (C=O) groups excluding carboxylic acids is 1. The number of aryl methyl sites for hydroxylation is 1. The normalized spacial score (nSPS) is 15.8. The topological polar surface area (TPSA) is 76.4 Å². The molecule has 0 amide bonds. The molecule has 2 aromatic heterocycles. The van der Waals surface area contributed by atoms with Crippen molar-refractivity contribution in [2.45, 2.75) is 52.9 Å². The lowest BCUT2D eigenvalue weighted by molar-refractivity contribution is 0.0499. The summed E-state index contributed by atoms with van der Waals surface area (Å²) in [7, 11) is 0. The number of thiophene rings is 1. The van der Waals surface area contributed by atoms with Crippen molar-refractivity contribution < 1.29 is 9.53 Å². The van der Waals surface area contributed by atoms with Crippen molar-refractivity contribution in [1.82, 2.24) is 9.78 Å². The first-order valence-corrected chi connectivity index (χ1v) is 12.0. The Kier molecular flexibility index (Phi) is 6.74. The predicted molar refractivity (Wildman–Crippen MR) is 129 cm³/mol. The standard InChI is InChI=1S/C25H29N3O3S/c1-4-5-13-31-25(30)22-19-12-11-16(2)14-21(19)32-23(22)26-15-20-17(3)27-28(24(20)29)18-9-7-6-8-10-18/h6-10,15-16,27H,4-5,11-14H2,1-3H3/t16-/m0/s1. The number of para-hydroxylation sites is 1. The lowest BCUT2D eigenvalue weighted by Gasteiger charge is -2.18. The number of benzene rings is 1. The van der Waals surface area contributed by atoms with Gasteiger partial charge in [0, 0.05) is 16.8 Å². The molecule has 1 atom stereocenters. The molecule has 0 radical (unpaired) electrons. The Balaban J connectivity index is 1.69. The molecule has 2 heterocycles. The molecule has 1 aliphatic carbocycles. The number of nitrogens with one attached hydrogen (secondary N) is 1. The van der Waals surface area contributed by atoms with E-state index in [1.165, 1.54) is 9.56 Å². The Morgan fingerprint density at radius 2 is 2.12 bits per heavy atom. The summed E-state index contributed by atoms with van der Waals surface area (Å²) < 4.78 is 7.06. The van der Waals surface area contributed by atoms with Crippen LogP contribution in [-0.2, 0) is 17.6 Å². The number of unbranched alkanes of at least 4 members (excludes halogenated alkanes) is 1. The molecule has 0 aliphatic heterocycles. The van der Waals surface area contributed by atoms with Crippen LogP contribution in [0.15, 0.2) is 40.1 Å². The van der Waals surface area contributed by atoms with E-state index in [1.54, 1.807) is 17.6 Å². The van der Waals surface area contributed by atoms with E-state index in [0.717, 1.165) is 49.0 Å². The number of aromatic nitrogens is 2. The number of nitrogens with zero attached hydrogens (tertiary/aromatic N) is 2. The number of ether oxygens (including phenoxy) is 1. The van der Waals surface area contributed by atoms with Crippen molar-refractivity contribution in [1.29, 1.82) is 0 Å². The summed E-state index contributed by atoms with van der Waals surface area (Å²) in [5, 5.41) is 3.75. The van der Waals surface area contributed by atoms with Crippen molar-refractivity contribution >= 4 is 28.5 Å². The average Bonchev–Trinajstić information content (AvgIpc) is 3.29. The molecule has 0 fully saturated rings. The van der Waals surface area contributed by atoms with Crippen molar-refractivity contribution in [2.24, 2.45) is 10.9 Å². The number of H-pyrrole nitrogens is 1. The fourth-order valence-corrected chi connectivity index (χ4v) is 5.36. The highest BCUT2D eigenvalue weighted by Gasteiger charge is 2.28. The van der Waals surface area contributed by atoms with Gasteiger partial charge in [0.05, 0.1) is 23.4 Å². The molecule has 0 saturated heterocycles. The molecule has 1 aliphatic rings. The quantitative estimate of drug-likeness (QED) is 0.298. The molecule has 32 heavy (non-hydrogen) atoms. The van der Waals surface area contributed by atoms with Crippen LogP contribution in [-0.4, -0.2) is 28.6 Å². The lowest BCUT2D eigenvalue weighted by atomic mass is 9.88. The van der Waals surface area contributed by atoms with Gasteiger partial charge in [-0.3, -0.25) is 9.89 Å². The maximum absolute atomic E-state index is 13.0. The maximum atomic E-state index is 13.0. The molecule has 0 unspecified atom stereocenters. The van der Waals surface area contributed by atoms with E-state index < -0.39 is 0 Å². The summed E-state index contributed by atoms with van der Waals surface area (Å²) in [6.07, 6.45) is 6.27. The van der Waals surface area contributed by atoms with Crippen LogP contribution in [0.5, 0.6) is 0 Å². The molecule has 7 heteroatoms. The van der Waals surface area contributed by atoms with Gasteiger partial charge in [-0.25, -0.2) is 14.5 Å². The number of rotatable bonds is 7. The van der Waals surface area contributed by atoms with Gasteiger partial charge < -0.3 is 4.74 Å². The second-order valence-electron chi connectivity index (χ2n) is 8.41. The van der Waals surface area contributed by atoms with Gasteiger partial charge in [-0.05, 0) is 56.2 Å². The van der Waals surface area contributed by atoms with E-state index in [0.29, 0.717) is 28.7 Å². The zero-order chi connectivity index (χ0) is 22.7. The summed E-state index contributed by atoms with van der Waals surface area (Å²) in [5.74, 6) is 0.289. The third-order valence-electron chi connectivity index (χ3n) is 5.87. The van der Waals surface area contributed by atoms with Crippen LogP contribution >= 0.6 is 11.3 Å². The lowest BCUT2D eigenvalue weighted by Crippen LogP contribution is -2.17. The zero-order valence-corrected chi connectivity index (χ0v) is 19.6. The van der Waals surface area contributed by atoms with Gasteiger partial charge in [0.2, 0.25) is 0 Å². The van der Waals surface area contributed by atoms with E-state index in [-0.39, 0.29) is 11.5 Å². The molecule has 1 N–H and O–H groups in total. The Morgan fingerprint density at radius 1 is 1.34 bits per heavy atom. The van der Waals surface area contributed by atoms with Crippen LogP contribution in [0.1, 0.15) is 65.2 Å². The Labute approximate surface area is 191 Å². The summed E-state index contributed by atoms with van der Waals surface area (Å²) in [6, 6.07) is 9.43. The minimum atomic E-state index is -0.301. The molecular formula is C25H29N3O3S. The highest BCUT2D eigenvalue weighted by atomic mass is 32.1. The van der Waals surface area contributed by atoms with Crippen LogP contribution < -0.4 is 5.56 Å². The highest BCUT2D eigenvalue weighted by Crippen LogP contribution is 2.41. The highest BCUT2D eigenvalue weighted by molar-refractivity contribution is 7.16. The van der Waals surface area contributed by atoms with Gasteiger partial charge in [-0.2, -0.15) is 0 Å². The average molecular weight is 452 g/mol. The SMILES string of the molecule is CCCCOC(=O)c1c(N=Cc2c(C)[nH]n(-c3ccccc3)c2=O)sc2c1CC[C@H](C)C2. The summed E-state index contributed by atoms with van der Waals surface area (Å²) in [4.78, 5) is 31.8. The minimum Gasteiger partial charge on any atom is -0.462 e. The van der Waals surface area contributed by atoms with Gasteiger partial charge in [0.25, 0.3) is 5.56 Å². The van der Waals surface area contributed by atoms with Crippen LogP contribution in [0.3, 0.4) is 0 Å². The van der Waals surface area contributed by atoms with Crippen molar-refractivity contribution in [3.05, 3.63) is 67.9 Å². The summed E-state index contributed by atoms with van der Waals surface area (Å²) in [5.41, 5.74) is 3.47. The number of esters is 1. The summed E-state index contributed by atoms with van der Waals surface area (Å²) >= 11 is 1.55. The van der Waals surface area contributed by atoms with Gasteiger partial charge in [-0.1, -0.05) is 38.5 Å². The third-order valence-corrected chi connectivity index (χ3v) is 7.03. The van der Waals surface area contributed by atoms with E-state index in [1.807, 2.05) is 37.3 Å². The van der Waals surface area contributed by atoms with Crippen molar-refractivity contribution in [3.63, 3.8) is 0 Å². The first-order chi connectivity index (χ1) is 15.5. The molecule has 6 nitrogen and oxygen atoms in total. The van der Waals surface area contributed by atoms with Crippen LogP contribution in [0.4, 0.5) is 5.00 Å². The third kappa shape index (κ3) is 4.48. The molecule has 0 saturated carbocycles. The van der Waals surface area contributed by atoms with Gasteiger partial charge >= 0.3 is 5.97 Å². The number of aromatic amines is 1. The first-order valence-electron chi connectivity index (χ1n) is 11.2. The second-order valence-corrected chi connectivity index (χ2v) is 9.49. The second kappa shape index (κ2) is 9.69. The number of hydrogen-bond donors (Lipinski definition) is 1. The van der Waals surface area contributed by atoms with Gasteiger partial charge in [-0.15, -0.1) is 11.3 Å². The largest absolute Gasteiger partial charge is 0.462 e. The van der Waals surface area contributed by atoms with E-state index in [2.05, 4.69) is 23.9 Å². The molecule has 0 spiro atoms. The molecule has 3 aromatic rings. The Bertz CT molecular complexity index is 1190. The predicted octanol–water partition coefficient (Wildman–Crippen LogP) is 5.37. The Hall–Kier alpha value is -2.93. The van der Waals surface area contributed by atoms with E-state index in [4.69, 9.17) is 4.74 Å². The first kappa shape index (κ1) is 22.3. The molecule has 0 bridgehead atoms. The Morgan fingerprint density at radius 3 is 2.88 bits per heavy atom. The van der Waals surface area contributed by atoms with E-state index in [9.17, 15) is 9.59 Å². The molecule has 1 aromatic carbocycles. The minimum absolute atomic E-state index is 0.167. The van der Waals surface area contributed by atoms with Crippen molar-refractivity contribution in [3.8, 4) is 5.69 Å². The molecule has 4 rings (SSSR count). The number of fused-ring (bicyclic) bond motifs is 1. The number of aliphatic imine (C=N–C) groups is 1. The monoisotopic (exact) mass is 451 g/mol. The summed E-state index contributed by atoms with van der Waals surface area (Å²) in [6.45, 7) is 6.57. The van der Waals surface area contributed by atoms with Gasteiger partial charge in [0.15, 0.2) is 0 Å². The zero-order valence-electron chi connectivity index (χ0n) is 18.8. The van der Waals surface area contributed by atoms with Crippen LogP contribution in [0.25, 0.3) is 5.69 Å². The van der Waals surface area contributed by atoms with Gasteiger partial charge in [0.1, 0.15) is 5.00 Å². The number of carbonyl (C=O) groups is 1. The maximum Gasteiger partial charge on any atom is 0.341 e.